The lowest BCUT2D eigenvalue weighted by molar-refractivity contribution is 0.0990. The van der Waals surface area contributed by atoms with Gasteiger partial charge < -0.3 is 0 Å². The molecule has 98 valence electrons. The minimum absolute atomic E-state index is 0.0918. The van der Waals surface area contributed by atoms with Crippen molar-refractivity contribution in [1.29, 1.82) is 0 Å². The zero-order valence-corrected chi connectivity index (χ0v) is 13.5. The smallest absolute Gasteiger partial charge is 0.168 e. The normalized spacial score (nSPS) is 10.5. The Balaban J connectivity index is 2.26. The summed E-state index contributed by atoms with van der Waals surface area (Å²) < 4.78 is 0.915. The first-order chi connectivity index (χ1) is 9.11. The quantitative estimate of drug-likeness (QED) is 0.550. The molecule has 0 atom stereocenters. The minimum Gasteiger partial charge on any atom is -0.294 e. The van der Waals surface area contributed by atoms with Crippen molar-refractivity contribution < 1.29 is 4.79 Å². The largest absolute Gasteiger partial charge is 0.294 e. The second kappa shape index (κ2) is 6.60. The van der Waals surface area contributed by atoms with E-state index in [0.717, 1.165) is 20.5 Å². The summed E-state index contributed by atoms with van der Waals surface area (Å²) in [7, 11) is 0. The average molecular weight is 356 g/mol. The summed E-state index contributed by atoms with van der Waals surface area (Å²) in [5, 5.41) is 0.615. The molecule has 0 aliphatic carbocycles. The van der Waals surface area contributed by atoms with E-state index in [1.807, 2.05) is 48.7 Å². The van der Waals surface area contributed by atoms with Gasteiger partial charge in [-0.3, -0.25) is 4.79 Å². The third-order valence-corrected chi connectivity index (χ3v) is 4.41. The Bertz CT molecular complexity index is 613. The van der Waals surface area contributed by atoms with Crippen LogP contribution in [0.25, 0.3) is 0 Å². The molecule has 0 bridgehead atoms. The molecule has 2 aromatic carbocycles. The van der Waals surface area contributed by atoms with Gasteiger partial charge >= 0.3 is 0 Å². The second-order valence-electron chi connectivity index (χ2n) is 4.04. The third kappa shape index (κ3) is 3.62. The van der Waals surface area contributed by atoms with Gasteiger partial charge in [0.15, 0.2) is 5.78 Å². The van der Waals surface area contributed by atoms with Gasteiger partial charge in [0.05, 0.1) is 0 Å². The van der Waals surface area contributed by atoms with Crippen LogP contribution in [0.15, 0.2) is 51.8 Å². The zero-order chi connectivity index (χ0) is 13.8. The van der Waals surface area contributed by atoms with Crippen LogP contribution in [-0.2, 0) is 6.42 Å². The molecular formula is C15H12BrClOS. The van der Waals surface area contributed by atoms with Crippen molar-refractivity contribution in [2.45, 2.75) is 11.3 Å². The van der Waals surface area contributed by atoms with E-state index in [9.17, 15) is 4.79 Å². The highest BCUT2D eigenvalue weighted by molar-refractivity contribution is 9.10. The number of ketones is 1. The van der Waals surface area contributed by atoms with Crippen LogP contribution < -0.4 is 0 Å². The lowest BCUT2D eigenvalue weighted by Crippen LogP contribution is -2.05. The summed E-state index contributed by atoms with van der Waals surface area (Å²) in [6, 6.07) is 13.2. The van der Waals surface area contributed by atoms with E-state index < -0.39 is 0 Å². The van der Waals surface area contributed by atoms with E-state index in [4.69, 9.17) is 11.6 Å². The van der Waals surface area contributed by atoms with E-state index in [1.54, 1.807) is 11.8 Å². The molecule has 0 aromatic heterocycles. The van der Waals surface area contributed by atoms with Gasteiger partial charge in [0, 0.05) is 26.4 Å². The predicted octanol–water partition coefficient (Wildman–Crippen LogP) is 5.25. The van der Waals surface area contributed by atoms with E-state index in [-0.39, 0.29) is 5.78 Å². The van der Waals surface area contributed by atoms with Gasteiger partial charge in [-0.05, 0) is 30.0 Å². The Labute approximate surface area is 130 Å². The highest BCUT2D eigenvalue weighted by atomic mass is 79.9. The molecule has 0 saturated carbocycles. The van der Waals surface area contributed by atoms with Gasteiger partial charge in [0.25, 0.3) is 0 Å². The van der Waals surface area contributed by atoms with E-state index in [1.165, 1.54) is 0 Å². The molecule has 0 N–H and O–H groups in total. The Morgan fingerprint density at radius 3 is 2.68 bits per heavy atom. The fourth-order valence-electron chi connectivity index (χ4n) is 1.81. The predicted molar refractivity (Wildman–Crippen MR) is 85.4 cm³/mol. The van der Waals surface area contributed by atoms with Crippen molar-refractivity contribution in [2.75, 3.05) is 6.26 Å². The van der Waals surface area contributed by atoms with Gasteiger partial charge in [-0.2, -0.15) is 0 Å². The third-order valence-electron chi connectivity index (χ3n) is 2.77. The van der Waals surface area contributed by atoms with Gasteiger partial charge in [0.2, 0.25) is 0 Å². The Morgan fingerprint density at radius 1 is 1.26 bits per heavy atom. The van der Waals surface area contributed by atoms with Gasteiger partial charge in [-0.15, -0.1) is 11.8 Å². The second-order valence-corrected chi connectivity index (χ2v) is 6.21. The highest BCUT2D eigenvalue weighted by Crippen LogP contribution is 2.25. The monoisotopic (exact) mass is 354 g/mol. The van der Waals surface area contributed by atoms with Gasteiger partial charge in [0.1, 0.15) is 0 Å². The van der Waals surface area contributed by atoms with Crippen LogP contribution in [0.4, 0.5) is 0 Å². The molecule has 4 heteroatoms. The summed E-state index contributed by atoms with van der Waals surface area (Å²) in [5.74, 6) is 0.0918. The Hall–Kier alpha value is -0.770. The van der Waals surface area contributed by atoms with Crippen LogP contribution in [-0.4, -0.2) is 12.0 Å². The molecule has 0 aliphatic heterocycles. The molecule has 0 radical (unpaired) electrons. The minimum atomic E-state index is 0.0918. The number of rotatable bonds is 4. The SMILES string of the molecule is CSc1ccccc1C(=O)Cc1ccc(Br)cc1Cl. The van der Waals surface area contributed by atoms with Crippen LogP contribution in [0.2, 0.25) is 5.02 Å². The van der Waals surface area contributed by atoms with Crippen molar-refractivity contribution in [3.05, 3.63) is 63.1 Å². The molecule has 0 unspecified atom stereocenters. The number of thioether (sulfide) groups is 1. The van der Waals surface area contributed by atoms with Crippen LogP contribution in [0.3, 0.4) is 0 Å². The first-order valence-electron chi connectivity index (χ1n) is 5.72. The summed E-state index contributed by atoms with van der Waals surface area (Å²) in [5.41, 5.74) is 1.61. The van der Waals surface area contributed by atoms with Gasteiger partial charge in [-0.1, -0.05) is 51.8 Å². The first-order valence-corrected chi connectivity index (χ1v) is 8.11. The summed E-state index contributed by atoms with van der Waals surface area (Å²) in [6.07, 6.45) is 2.29. The van der Waals surface area contributed by atoms with Crippen LogP contribution >= 0.6 is 39.3 Å². The number of hydrogen-bond donors (Lipinski definition) is 0. The number of benzene rings is 2. The molecule has 0 saturated heterocycles. The number of hydrogen-bond acceptors (Lipinski definition) is 2. The molecule has 1 nitrogen and oxygen atoms in total. The molecule has 0 spiro atoms. The fourth-order valence-corrected chi connectivity index (χ4v) is 3.16. The highest BCUT2D eigenvalue weighted by Gasteiger charge is 2.13. The fraction of sp³-hybridized carbons (Fsp3) is 0.133. The van der Waals surface area contributed by atoms with Crippen LogP contribution in [0.5, 0.6) is 0 Å². The number of halogens is 2. The first kappa shape index (κ1) is 14.6. The Kier molecular flexibility index (Phi) is 5.08. The van der Waals surface area contributed by atoms with E-state index >= 15 is 0 Å². The van der Waals surface area contributed by atoms with E-state index in [0.29, 0.717) is 11.4 Å². The molecule has 0 aliphatic rings. The average Bonchev–Trinajstić information content (AvgIpc) is 2.41. The van der Waals surface area contributed by atoms with Crippen molar-refractivity contribution in [2.24, 2.45) is 0 Å². The summed E-state index contributed by atoms with van der Waals surface area (Å²) >= 11 is 11.1. The maximum absolute atomic E-state index is 12.3. The van der Waals surface area contributed by atoms with E-state index in [2.05, 4.69) is 15.9 Å². The molecule has 2 rings (SSSR count). The van der Waals surface area contributed by atoms with Crippen molar-refractivity contribution in [3.63, 3.8) is 0 Å². The number of carbonyl (C=O) groups is 1. The van der Waals surface area contributed by atoms with Crippen LogP contribution in [0, 0.1) is 0 Å². The van der Waals surface area contributed by atoms with Crippen molar-refractivity contribution >= 4 is 45.1 Å². The Morgan fingerprint density at radius 2 is 2.00 bits per heavy atom. The molecule has 2 aromatic rings. The number of carbonyl (C=O) groups excluding carboxylic acids is 1. The summed E-state index contributed by atoms with van der Waals surface area (Å²) in [6.45, 7) is 0. The molecule has 0 amide bonds. The number of Topliss-reactive ketones (excluding diaryl/α,β-unsaturated/α-hetero) is 1. The lowest BCUT2D eigenvalue weighted by Gasteiger charge is -2.07. The van der Waals surface area contributed by atoms with Crippen molar-refractivity contribution in [3.8, 4) is 0 Å². The molecule has 19 heavy (non-hydrogen) atoms. The zero-order valence-electron chi connectivity index (χ0n) is 10.3. The maximum atomic E-state index is 12.3. The topological polar surface area (TPSA) is 17.1 Å². The molecular weight excluding hydrogens is 344 g/mol. The van der Waals surface area contributed by atoms with Gasteiger partial charge in [-0.25, -0.2) is 0 Å². The summed E-state index contributed by atoms with van der Waals surface area (Å²) in [4.78, 5) is 13.3. The standard InChI is InChI=1S/C15H12BrClOS/c1-19-15-5-3-2-4-12(15)14(18)8-10-6-7-11(16)9-13(10)17/h2-7,9H,8H2,1H3. The van der Waals surface area contributed by atoms with Crippen LogP contribution in [0.1, 0.15) is 15.9 Å². The lowest BCUT2D eigenvalue weighted by atomic mass is 10.0. The molecule has 0 heterocycles. The van der Waals surface area contributed by atoms with Crippen molar-refractivity contribution in [1.82, 2.24) is 0 Å². The maximum Gasteiger partial charge on any atom is 0.168 e. The molecule has 0 fully saturated rings.